The first-order valence-corrected chi connectivity index (χ1v) is 2.25. The molecule has 1 heteroatoms. The molecule has 0 bridgehead atoms. The maximum Gasteiger partial charge on any atom is 0.0645 e. The Hall–Kier alpha value is -0.980. The fourth-order valence-corrected chi connectivity index (χ4v) is 0.375. The van der Waals surface area contributed by atoms with Crippen molar-refractivity contribution in [3.05, 3.63) is 30.2 Å². The van der Waals surface area contributed by atoms with Gasteiger partial charge < -0.3 is 5.32 Å². The van der Waals surface area contributed by atoms with Gasteiger partial charge in [-0.25, -0.2) is 0 Å². The molecule has 0 radical (unpaired) electrons. The van der Waals surface area contributed by atoms with Gasteiger partial charge in [0.25, 0.3) is 0 Å². The maximum absolute atomic E-state index is 7.40. The second kappa shape index (κ2) is 2.36. The van der Waals surface area contributed by atoms with Gasteiger partial charge in [0.2, 0.25) is 0 Å². The molecule has 0 saturated carbocycles. The number of para-hydroxylation sites is 1. The Kier molecular flexibility index (Phi) is 0.519. The summed E-state index contributed by atoms with van der Waals surface area (Å²) in [5, 5.41) is 2.57. The zero-order chi connectivity index (χ0) is 10.2. The van der Waals surface area contributed by atoms with Crippen molar-refractivity contribution in [2.45, 2.75) is 0 Å². The van der Waals surface area contributed by atoms with Crippen LogP contribution in [0, 0.1) is 0 Å². The first-order chi connectivity index (χ1) is 6.00. The topological polar surface area (TPSA) is 12.0 Å². The average molecular weight is 112 g/mol. The molecule has 1 aromatic rings. The number of hydrogen-bond donors (Lipinski definition) is 1. The monoisotopic (exact) mass is 112 g/mol. The molecule has 0 fully saturated rings. The Morgan fingerprint density at radius 2 is 2.00 bits per heavy atom. The molecule has 0 heterocycles. The van der Waals surface area contributed by atoms with E-state index >= 15 is 0 Å². The smallest absolute Gasteiger partial charge is 0.0645 e. The molecule has 8 heavy (non-hydrogen) atoms. The summed E-state index contributed by atoms with van der Waals surface area (Å²) in [7, 11) is 1.52. The highest BCUT2D eigenvalue weighted by molar-refractivity contribution is 5.41. The lowest BCUT2D eigenvalue weighted by atomic mass is 10.3. The Morgan fingerprint density at radius 1 is 1.38 bits per heavy atom. The molecule has 0 aromatic heterocycles. The van der Waals surface area contributed by atoms with Crippen molar-refractivity contribution >= 4 is 5.69 Å². The van der Waals surface area contributed by atoms with E-state index < -0.39 is 0 Å². The molecule has 0 saturated heterocycles. The van der Waals surface area contributed by atoms with Crippen molar-refractivity contribution in [3.8, 4) is 0 Å². The van der Waals surface area contributed by atoms with Crippen LogP contribution in [0.25, 0.3) is 0 Å². The third-order valence-corrected chi connectivity index (χ3v) is 0.750. The quantitative estimate of drug-likeness (QED) is 0.583. The van der Waals surface area contributed by atoms with Gasteiger partial charge in [-0.2, -0.15) is 0 Å². The lowest BCUT2D eigenvalue weighted by molar-refractivity contribution is 1.51. The van der Waals surface area contributed by atoms with Crippen molar-refractivity contribution in [1.29, 1.82) is 0 Å². The number of nitrogens with one attached hydrogen (secondary N) is 1. The summed E-state index contributed by atoms with van der Waals surface area (Å²) in [6.07, 6.45) is 0. The number of hydrogen-bond acceptors (Lipinski definition) is 1. The Bertz CT molecular complexity index is 320. The van der Waals surface area contributed by atoms with E-state index in [-0.39, 0.29) is 35.9 Å². The molecule has 42 valence electrons. The van der Waals surface area contributed by atoms with Crippen LogP contribution in [-0.2, 0) is 0 Å². The Labute approximate surface area is 56.4 Å². The van der Waals surface area contributed by atoms with Crippen molar-refractivity contribution in [2.24, 2.45) is 0 Å². The first kappa shape index (κ1) is 1.76. The molecule has 0 unspecified atom stereocenters. The van der Waals surface area contributed by atoms with Crippen LogP contribution in [-0.4, -0.2) is 7.05 Å². The molecular formula is C7H9N. The van der Waals surface area contributed by atoms with Gasteiger partial charge in [-0.05, 0) is 12.1 Å². The fraction of sp³-hybridized carbons (Fsp3) is 0.143. The molecular weight excluding hydrogens is 98.1 g/mol. The van der Waals surface area contributed by atoms with Crippen LogP contribution < -0.4 is 5.32 Å². The fourth-order valence-electron chi connectivity index (χ4n) is 0.375. The molecule has 1 rings (SSSR count). The number of anilines is 1. The summed E-state index contributed by atoms with van der Waals surface area (Å²) in [4.78, 5) is 0. The van der Waals surface area contributed by atoms with Gasteiger partial charge in [0.1, 0.15) is 0 Å². The van der Waals surface area contributed by atoms with Gasteiger partial charge in [-0.1, -0.05) is 18.1 Å². The van der Waals surface area contributed by atoms with Crippen LogP contribution in [0.5, 0.6) is 0 Å². The van der Waals surface area contributed by atoms with Crippen LogP contribution in [0.3, 0.4) is 0 Å². The largest absolute Gasteiger partial charge is 0.388 e. The Morgan fingerprint density at radius 3 is 2.50 bits per heavy atom. The highest BCUT2D eigenvalue weighted by Crippen LogP contribution is 2.01. The van der Waals surface area contributed by atoms with Gasteiger partial charge in [0.15, 0.2) is 0 Å². The van der Waals surface area contributed by atoms with E-state index in [1.54, 1.807) is 0 Å². The first-order valence-electron chi connectivity index (χ1n) is 4.75. The summed E-state index contributed by atoms with van der Waals surface area (Å²) in [5.41, 5.74) is 0.131. The van der Waals surface area contributed by atoms with Gasteiger partial charge >= 0.3 is 0 Å². The molecule has 0 spiro atoms. The van der Waals surface area contributed by atoms with E-state index in [9.17, 15) is 0 Å². The minimum Gasteiger partial charge on any atom is -0.388 e. The highest BCUT2D eigenvalue weighted by atomic mass is 14.8. The van der Waals surface area contributed by atoms with Crippen molar-refractivity contribution in [2.75, 3.05) is 12.4 Å². The predicted octanol–water partition coefficient (Wildman–Crippen LogP) is 1.73. The van der Waals surface area contributed by atoms with Gasteiger partial charge in [-0.3, -0.25) is 0 Å². The molecule has 1 aromatic carbocycles. The summed E-state index contributed by atoms with van der Waals surface area (Å²) < 4.78 is 36.7. The van der Waals surface area contributed by atoms with Crippen molar-refractivity contribution in [1.82, 2.24) is 0 Å². The Balaban J connectivity index is 3.56. The summed E-state index contributed by atoms with van der Waals surface area (Å²) >= 11 is 0. The van der Waals surface area contributed by atoms with Crippen molar-refractivity contribution in [3.63, 3.8) is 0 Å². The lowest BCUT2D eigenvalue weighted by Crippen LogP contribution is -1.84. The van der Waals surface area contributed by atoms with Gasteiger partial charge in [0.05, 0.1) is 6.85 Å². The molecule has 0 aliphatic rings. The molecule has 1 nitrogen and oxygen atoms in total. The van der Waals surface area contributed by atoms with E-state index in [2.05, 4.69) is 5.32 Å². The van der Waals surface area contributed by atoms with Gasteiger partial charge in [0, 0.05) is 12.7 Å². The molecule has 0 atom stereocenters. The van der Waals surface area contributed by atoms with Crippen LogP contribution in [0.15, 0.2) is 30.2 Å². The SMILES string of the molecule is [2H]c1c([2H])c([2H])c(NC)c([2H])c1[2H]. The van der Waals surface area contributed by atoms with E-state index in [1.807, 2.05) is 0 Å². The maximum atomic E-state index is 7.40. The van der Waals surface area contributed by atoms with E-state index in [4.69, 9.17) is 6.85 Å². The van der Waals surface area contributed by atoms with Crippen LogP contribution in [0.2, 0.25) is 0 Å². The third kappa shape index (κ3) is 0.997. The molecule has 0 aliphatic carbocycles. The van der Waals surface area contributed by atoms with Crippen LogP contribution in [0.1, 0.15) is 6.85 Å². The van der Waals surface area contributed by atoms with Crippen LogP contribution >= 0.6 is 0 Å². The average Bonchev–Trinajstić information content (AvgIpc) is 2.13. The van der Waals surface area contributed by atoms with Crippen LogP contribution in [0.4, 0.5) is 5.69 Å². The van der Waals surface area contributed by atoms with E-state index in [0.29, 0.717) is 0 Å². The predicted molar refractivity (Wildman–Crippen MR) is 36.0 cm³/mol. The molecule has 0 aliphatic heterocycles. The highest BCUT2D eigenvalue weighted by Gasteiger charge is 1.77. The standard InChI is InChI=1S/C7H9N/c1-8-7-5-3-2-4-6-7/h2-6,8H,1H3/i2D,3D,4D,5D,6D. The second-order valence-electron chi connectivity index (χ2n) is 1.25. The number of rotatable bonds is 1. The van der Waals surface area contributed by atoms with E-state index in [1.165, 1.54) is 7.05 Å². The summed E-state index contributed by atoms with van der Waals surface area (Å²) in [5.74, 6) is 0. The minimum atomic E-state index is -0.367. The van der Waals surface area contributed by atoms with Gasteiger partial charge in [-0.15, -0.1) is 0 Å². The van der Waals surface area contributed by atoms with E-state index in [0.717, 1.165) is 0 Å². The number of benzene rings is 1. The second-order valence-corrected chi connectivity index (χ2v) is 1.25. The lowest BCUT2D eigenvalue weighted by Gasteiger charge is -1.94. The zero-order valence-electron chi connectivity index (χ0n) is 9.50. The normalized spacial score (nSPS) is 17.4. The minimum absolute atomic E-state index is 0.131. The summed E-state index contributed by atoms with van der Waals surface area (Å²) in [6, 6.07) is -1.40. The van der Waals surface area contributed by atoms with Crippen molar-refractivity contribution < 1.29 is 6.85 Å². The molecule has 0 amide bonds. The zero-order valence-corrected chi connectivity index (χ0v) is 4.50. The third-order valence-electron chi connectivity index (χ3n) is 0.750. The molecule has 1 N–H and O–H groups in total. The summed E-state index contributed by atoms with van der Waals surface area (Å²) in [6.45, 7) is 0.